The minimum atomic E-state index is -0.937. The molecule has 0 fully saturated rings. The molecule has 0 aliphatic rings. The minimum absolute atomic E-state index is 0.260. The number of aromatic nitrogens is 2. The van der Waals surface area contributed by atoms with Crippen LogP contribution in [0.4, 0.5) is 0 Å². The van der Waals surface area contributed by atoms with Crippen LogP contribution in [0, 0.1) is 0 Å². The quantitative estimate of drug-likeness (QED) is 0.727. The maximum Gasteiger partial charge on any atom is 0.335 e. The third-order valence-electron chi connectivity index (χ3n) is 2.97. The van der Waals surface area contributed by atoms with Crippen molar-refractivity contribution in [3.63, 3.8) is 0 Å². The van der Waals surface area contributed by atoms with Crippen LogP contribution >= 0.6 is 15.9 Å². The molecule has 0 saturated carbocycles. The summed E-state index contributed by atoms with van der Waals surface area (Å²) in [5.41, 5.74) is 2.70. The average Bonchev–Trinajstić information content (AvgIpc) is 2.47. The lowest BCUT2D eigenvalue weighted by Gasteiger charge is -2.05. The van der Waals surface area contributed by atoms with Crippen molar-refractivity contribution in [2.75, 3.05) is 0 Å². The van der Waals surface area contributed by atoms with Crippen LogP contribution in [0.5, 0.6) is 0 Å². The molecule has 0 aliphatic heterocycles. The van der Waals surface area contributed by atoms with E-state index in [2.05, 4.69) is 25.9 Å². The van der Waals surface area contributed by atoms with Crippen LogP contribution < -0.4 is 0 Å². The number of rotatable bonds is 2. The fourth-order valence-electron chi connectivity index (χ4n) is 1.98. The molecule has 5 heteroatoms. The Bertz CT molecular complexity index is 801. The van der Waals surface area contributed by atoms with E-state index >= 15 is 0 Å². The molecule has 1 N–H and O–H groups in total. The molecule has 0 atom stereocenters. The summed E-state index contributed by atoms with van der Waals surface area (Å²) in [5.74, 6) is -0.937. The predicted molar refractivity (Wildman–Crippen MR) is 79.6 cm³/mol. The van der Waals surface area contributed by atoms with Crippen LogP contribution in [-0.2, 0) is 0 Å². The van der Waals surface area contributed by atoms with Gasteiger partial charge >= 0.3 is 5.97 Å². The highest BCUT2D eigenvalue weighted by atomic mass is 79.9. The van der Waals surface area contributed by atoms with E-state index in [-0.39, 0.29) is 5.56 Å². The summed E-state index contributed by atoms with van der Waals surface area (Å²) in [7, 11) is 0. The van der Waals surface area contributed by atoms with Crippen molar-refractivity contribution in [3.8, 4) is 11.3 Å². The zero-order valence-corrected chi connectivity index (χ0v) is 11.8. The normalized spacial score (nSPS) is 10.7. The number of benzene rings is 1. The van der Waals surface area contributed by atoms with Crippen molar-refractivity contribution in [2.45, 2.75) is 0 Å². The predicted octanol–water partition coefficient (Wildman–Crippen LogP) is 3.76. The number of carbonyl (C=O) groups is 1. The molecule has 2 aromatic heterocycles. The first-order valence-corrected chi connectivity index (χ1v) is 6.69. The van der Waals surface area contributed by atoms with E-state index in [1.54, 1.807) is 30.5 Å². The Morgan fingerprint density at radius 1 is 1.15 bits per heavy atom. The summed E-state index contributed by atoms with van der Waals surface area (Å²) in [5, 5.41) is 9.88. The van der Waals surface area contributed by atoms with Crippen LogP contribution in [0.25, 0.3) is 22.2 Å². The number of hydrogen-bond acceptors (Lipinski definition) is 3. The molecule has 0 saturated heterocycles. The molecule has 98 valence electrons. The van der Waals surface area contributed by atoms with Gasteiger partial charge in [-0.05, 0) is 40.2 Å². The summed E-state index contributed by atoms with van der Waals surface area (Å²) in [6.07, 6.45) is 1.72. The number of carboxylic acid groups (broad SMARTS) is 1. The molecule has 0 spiro atoms. The van der Waals surface area contributed by atoms with Crippen molar-refractivity contribution < 1.29 is 9.90 Å². The molecular weight excluding hydrogens is 320 g/mol. The Morgan fingerprint density at radius 2 is 1.90 bits per heavy atom. The van der Waals surface area contributed by atoms with E-state index in [0.717, 1.165) is 22.2 Å². The van der Waals surface area contributed by atoms with Crippen LogP contribution in [0.3, 0.4) is 0 Å². The van der Waals surface area contributed by atoms with Crippen LogP contribution in [0.1, 0.15) is 10.4 Å². The topological polar surface area (TPSA) is 63.1 Å². The first-order valence-electron chi connectivity index (χ1n) is 5.90. The Kier molecular flexibility index (Phi) is 3.20. The summed E-state index contributed by atoms with van der Waals surface area (Å²) in [4.78, 5) is 19.6. The van der Waals surface area contributed by atoms with E-state index in [9.17, 15) is 4.79 Å². The SMILES string of the molecule is O=C(O)c1ccc(-c2cc3cccnc3c(Br)n2)cc1. The highest BCUT2D eigenvalue weighted by Crippen LogP contribution is 2.26. The third kappa shape index (κ3) is 2.28. The molecule has 0 amide bonds. The van der Waals surface area contributed by atoms with Crippen LogP contribution in [0.2, 0.25) is 0 Å². The number of hydrogen-bond donors (Lipinski definition) is 1. The van der Waals surface area contributed by atoms with Gasteiger partial charge in [0.2, 0.25) is 0 Å². The van der Waals surface area contributed by atoms with Crippen molar-refractivity contribution >= 4 is 32.8 Å². The first kappa shape index (κ1) is 12.7. The monoisotopic (exact) mass is 328 g/mol. The molecule has 20 heavy (non-hydrogen) atoms. The van der Waals surface area contributed by atoms with E-state index < -0.39 is 5.97 Å². The fraction of sp³-hybridized carbons (Fsp3) is 0. The lowest BCUT2D eigenvalue weighted by atomic mass is 10.1. The number of halogens is 1. The Balaban J connectivity index is 2.12. The molecule has 0 unspecified atom stereocenters. The number of carboxylic acids is 1. The summed E-state index contributed by atoms with van der Waals surface area (Å²) in [6, 6.07) is 12.4. The maximum absolute atomic E-state index is 10.8. The Morgan fingerprint density at radius 3 is 2.60 bits per heavy atom. The van der Waals surface area contributed by atoms with Crippen molar-refractivity contribution in [2.24, 2.45) is 0 Å². The van der Waals surface area contributed by atoms with Gasteiger partial charge in [-0.15, -0.1) is 0 Å². The highest BCUT2D eigenvalue weighted by molar-refractivity contribution is 9.10. The van der Waals surface area contributed by atoms with E-state index in [1.807, 2.05) is 18.2 Å². The van der Waals surface area contributed by atoms with Gasteiger partial charge in [0.15, 0.2) is 0 Å². The second-order valence-corrected chi connectivity index (χ2v) is 5.01. The van der Waals surface area contributed by atoms with Gasteiger partial charge < -0.3 is 5.11 Å². The summed E-state index contributed by atoms with van der Waals surface area (Å²) >= 11 is 3.41. The molecule has 2 heterocycles. The second-order valence-electron chi connectivity index (χ2n) is 4.26. The molecule has 3 aromatic rings. The van der Waals surface area contributed by atoms with Gasteiger partial charge in [-0.2, -0.15) is 0 Å². The fourth-order valence-corrected chi connectivity index (χ4v) is 2.50. The summed E-state index contributed by atoms with van der Waals surface area (Å²) in [6.45, 7) is 0. The number of fused-ring (bicyclic) bond motifs is 1. The van der Waals surface area contributed by atoms with Crippen LogP contribution in [-0.4, -0.2) is 21.0 Å². The number of pyridine rings is 2. The van der Waals surface area contributed by atoms with Crippen LogP contribution in [0.15, 0.2) is 53.3 Å². The molecular formula is C15H9BrN2O2. The lowest BCUT2D eigenvalue weighted by Crippen LogP contribution is -1.95. The van der Waals surface area contributed by atoms with Gasteiger partial charge in [-0.3, -0.25) is 4.98 Å². The molecule has 0 bridgehead atoms. The molecule has 0 radical (unpaired) electrons. The van der Waals surface area contributed by atoms with Gasteiger partial charge in [-0.25, -0.2) is 9.78 Å². The average molecular weight is 329 g/mol. The standard InChI is InChI=1S/C15H9BrN2O2/c16-14-13-11(2-1-7-17-13)8-12(18-14)9-3-5-10(6-4-9)15(19)20/h1-8H,(H,19,20). The summed E-state index contributed by atoms with van der Waals surface area (Å²) < 4.78 is 0.674. The van der Waals surface area contributed by atoms with Gasteiger partial charge in [0.05, 0.1) is 11.3 Å². The number of nitrogens with zero attached hydrogens (tertiary/aromatic N) is 2. The Hall–Kier alpha value is -2.27. The zero-order valence-electron chi connectivity index (χ0n) is 10.2. The molecule has 4 nitrogen and oxygen atoms in total. The third-order valence-corrected chi connectivity index (χ3v) is 3.53. The first-order chi connectivity index (χ1) is 9.65. The number of aromatic carboxylic acids is 1. The van der Waals surface area contributed by atoms with Gasteiger partial charge in [0.25, 0.3) is 0 Å². The molecule has 3 rings (SSSR count). The second kappa shape index (κ2) is 5.02. The lowest BCUT2D eigenvalue weighted by molar-refractivity contribution is 0.0697. The minimum Gasteiger partial charge on any atom is -0.478 e. The maximum atomic E-state index is 10.8. The van der Waals surface area contributed by atoms with Crippen molar-refractivity contribution in [1.82, 2.24) is 9.97 Å². The van der Waals surface area contributed by atoms with Crippen molar-refractivity contribution in [3.05, 3.63) is 58.8 Å². The Labute approximate surface area is 123 Å². The molecule has 1 aromatic carbocycles. The van der Waals surface area contributed by atoms with Gasteiger partial charge in [-0.1, -0.05) is 18.2 Å². The zero-order chi connectivity index (χ0) is 14.1. The van der Waals surface area contributed by atoms with Gasteiger partial charge in [0, 0.05) is 17.1 Å². The van der Waals surface area contributed by atoms with E-state index in [1.165, 1.54) is 0 Å². The highest BCUT2D eigenvalue weighted by Gasteiger charge is 2.08. The van der Waals surface area contributed by atoms with Crippen molar-refractivity contribution in [1.29, 1.82) is 0 Å². The van der Waals surface area contributed by atoms with Gasteiger partial charge in [0.1, 0.15) is 10.1 Å². The van der Waals surface area contributed by atoms with E-state index in [4.69, 9.17) is 5.11 Å². The van der Waals surface area contributed by atoms with E-state index in [0.29, 0.717) is 4.60 Å². The molecule has 0 aliphatic carbocycles. The smallest absolute Gasteiger partial charge is 0.335 e. The largest absolute Gasteiger partial charge is 0.478 e.